The average molecular weight is 338 g/mol. The third-order valence-electron chi connectivity index (χ3n) is 5.49. The Bertz CT molecular complexity index is 619. The van der Waals surface area contributed by atoms with E-state index in [0.29, 0.717) is 25.5 Å². The van der Waals surface area contributed by atoms with E-state index < -0.39 is 0 Å². The van der Waals surface area contributed by atoms with Gasteiger partial charge in [-0.15, -0.1) is 0 Å². The number of rotatable bonds is 4. The van der Waals surface area contributed by atoms with Gasteiger partial charge in [0.1, 0.15) is 13.5 Å². The fraction of sp³-hybridized carbons (Fsp3) is 0.429. The molecule has 2 fully saturated rings. The summed E-state index contributed by atoms with van der Waals surface area (Å²) in [6, 6.07) is 21.7. The molecule has 2 heterocycles. The number of ether oxygens (including phenoxy) is 2. The van der Waals surface area contributed by atoms with Crippen LogP contribution in [0.25, 0.3) is 0 Å². The molecule has 0 aromatic heterocycles. The summed E-state index contributed by atoms with van der Waals surface area (Å²) in [5.41, 5.74) is 2.51. The van der Waals surface area contributed by atoms with E-state index in [9.17, 15) is 0 Å². The highest BCUT2D eigenvalue weighted by atomic mass is 16.5. The van der Waals surface area contributed by atoms with Gasteiger partial charge in [0, 0.05) is 12.1 Å². The third kappa shape index (κ3) is 3.35. The first-order valence-electron chi connectivity index (χ1n) is 9.05. The SMILES string of the molecule is C[C@H]1[C@H](c2ccccc2)OCN1CN1CO[C@@H](c2ccccc2)[C@@H]1C. The van der Waals surface area contributed by atoms with Gasteiger partial charge < -0.3 is 9.47 Å². The second-order valence-corrected chi connectivity index (χ2v) is 7.05. The monoisotopic (exact) mass is 338 g/mol. The molecule has 0 saturated carbocycles. The molecule has 0 aliphatic carbocycles. The largest absolute Gasteiger partial charge is 0.356 e. The summed E-state index contributed by atoms with van der Waals surface area (Å²) in [4.78, 5) is 4.79. The van der Waals surface area contributed by atoms with Gasteiger partial charge in [-0.25, -0.2) is 0 Å². The average Bonchev–Trinajstić information content (AvgIpc) is 3.20. The summed E-state index contributed by atoms with van der Waals surface area (Å²) >= 11 is 0. The third-order valence-corrected chi connectivity index (χ3v) is 5.49. The Labute approximate surface area is 150 Å². The molecule has 0 amide bonds. The predicted molar refractivity (Wildman–Crippen MR) is 97.7 cm³/mol. The standard InChI is InChI=1S/C21H26N2O2/c1-16-20(18-9-5-3-6-10-18)24-14-22(16)13-23-15-25-21(17(23)2)19-11-7-4-8-12-19/h3-12,16-17,20-21H,13-15H2,1-2H3/t16-,17-,20+,21+/m0/s1. The van der Waals surface area contributed by atoms with E-state index in [-0.39, 0.29) is 12.2 Å². The van der Waals surface area contributed by atoms with Crippen molar-refractivity contribution in [1.29, 1.82) is 0 Å². The first-order chi connectivity index (χ1) is 12.2. The molecule has 0 radical (unpaired) electrons. The Kier molecular flexibility index (Phi) is 4.86. The van der Waals surface area contributed by atoms with Gasteiger partial charge >= 0.3 is 0 Å². The lowest BCUT2D eigenvalue weighted by atomic mass is 10.0. The molecule has 2 aliphatic rings. The number of hydrogen-bond acceptors (Lipinski definition) is 4. The molecule has 2 aliphatic heterocycles. The summed E-state index contributed by atoms with van der Waals surface area (Å²) in [6.45, 7) is 6.71. The second kappa shape index (κ2) is 7.26. The van der Waals surface area contributed by atoms with Crippen LogP contribution in [-0.4, -0.2) is 42.0 Å². The van der Waals surface area contributed by atoms with Gasteiger partial charge in [0.2, 0.25) is 0 Å². The van der Waals surface area contributed by atoms with E-state index in [4.69, 9.17) is 9.47 Å². The molecule has 2 saturated heterocycles. The van der Waals surface area contributed by atoms with Crippen LogP contribution in [0.3, 0.4) is 0 Å². The molecule has 0 bridgehead atoms. The van der Waals surface area contributed by atoms with E-state index in [1.807, 2.05) is 12.1 Å². The summed E-state index contributed by atoms with van der Waals surface area (Å²) in [6.07, 6.45) is 0.287. The maximum absolute atomic E-state index is 6.08. The van der Waals surface area contributed by atoms with Crippen molar-refractivity contribution in [3.8, 4) is 0 Å². The molecule has 0 unspecified atom stereocenters. The van der Waals surface area contributed by atoms with Crippen LogP contribution in [0.5, 0.6) is 0 Å². The van der Waals surface area contributed by atoms with E-state index in [1.165, 1.54) is 11.1 Å². The summed E-state index contributed by atoms with van der Waals surface area (Å²) in [5, 5.41) is 0. The smallest absolute Gasteiger partial charge is 0.101 e. The van der Waals surface area contributed by atoms with Crippen LogP contribution in [-0.2, 0) is 9.47 Å². The molecule has 2 aromatic rings. The fourth-order valence-corrected chi connectivity index (χ4v) is 3.86. The second-order valence-electron chi connectivity index (χ2n) is 7.05. The highest BCUT2D eigenvalue weighted by Crippen LogP contribution is 2.34. The zero-order chi connectivity index (χ0) is 17.2. The minimum Gasteiger partial charge on any atom is -0.356 e. The molecule has 2 aromatic carbocycles. The predicted octanol–water partition coefficient (Wildman–Crippen LogP) is 3.78. The molecular formula is C21H26N2O2. The minimum absolute atomic E-state index is 0.143. The molecular weight excluding hydrogens is 312 g/mol. The van der Waals surface area contributed by atoms with Gasteiger partial charge in [0.15, 0.2) is 0 Å². The van der Waals surface area contributed by atoms with Gasteiger partial charge in [-0.1, -0.05) is 60.7 Å². The van der Waals surface area contributed by atoms with Gasteiger partial charge in [0.25, 0.3) is 0 Å². The Hall–Kier alpha value is -1.72. The first-order valence-corrected chi connectivity index (χ1v) is 9.05. The van der Waals surface area contributed by atoms with Gasteiger partial charge in [-0.05, 0) is 25.0 Å². The molecule has 4 nitrogen and oxygen atoms in total. The normalized spacial score (nSPS) is 30.8. The van der Waals surface area contributed by atoms with Gasteiger partial charge in [-0.2, -0.15) is 0 Å². The van der Waals surface area contributed by atoms with Crippen molar-refractivity contribution in [2.45, 2.75) is 38.1 Å². The van der Waals surface area contributed by atoms with E-state index in [1.54, 1.807) is 0 Å². The van der Waals surface area contributed by atoms with Crippen molar-refractivity contribution in [2.75, 3.05) is 20.1 Å². The zero-order valence-corrected chi connectivity index (χ0v) is 14.9. The Morgan fingerprint density at radius 3 is 1.52 bits per heavy atom. The number of benzene rings is 2. The maximum Gasteiger partial charge on any atom is 0.101 e. The molecule has 4 atom stereocenters. The topological polar surface area (TPSA) is 24.9 Å². The fourth-order valence-electron chi connectivity index (χ4n) is 3.86. The van der Waals surface area contributed by atoms with Crippen LogP contribution in [0.4, 0.5) is 0 Å². The minimum atomic E-state index is 0.143. The molecule has 132 valence electrons. The van der Waals surface area contributed by atoms with Crippen molar-refractivity contribution < 1.29 is 9.47 Å². The van der Waals surface area contributed by atoms with Crippen molar-refractivity contribution >= 4 is 0 Å². The highest BCUT2D eigenvalue weighted by molar-refractivity contribution is 5.21. The first kappa shape index (κ1) is 16.7. The van der Waals surface area contributed by atoms with E-state index in [0.717, 1.165) is 6.67 Å². The maximum atomic E-state index is 6.08. The van der Waals surface area contributed by atoms with Crippen molar-refractivity contribution in [2.24, 2.45) is 0 Å². The zero-order valence-electron chi connectivity index (χ0n) is 14.9. The van der Waals surface area contributed by atoms with Gasteiger partial charge in [0.05, 0.1) is 18.9 Å². The Morgan fingerprint density at radius 2 is 1.12 bits per heavy atom. The Morgan fingerprint density at radius 1 is 0.720 bits per heavy atom. The van der Waals surface area contributed by atoms with Crippen molar-refractivity contribution in [1.82, 2.24) is 9.80 Å². The van der Waals surface area contributed by atoms with Crippen LogP contribution in [0.2, 0.25) is 0 Å². The van der Waals surface area contributed by atoms with Gasteiger partial charge in [-0.3, -0.25) is 9.80 Å². The lowest BCUT2D eigenvalue weighted by molar-refractivity contribution is 0.0457. The van der Waals surface area contributed by atoms with Crippen molar-refractivity contribution in [3.05, 3.63) is 71.8 Å². The highest BCUT2D eigenvalue weighted by Gasteiger charge is 2.38. The van der Waals surface area contributed by atoms with E-state index in [2.05, 4.69) is 72.2 Å². The van der Waals surface area contributed by atoms with Crippen LogP contribution in [0.1, 0.15) is 37.2 Å². The summed E-state index contributed by atoms with van der Waals surface area (Å²) in [7, 11) is 0. The van der Waals surface area contributed by atoms with Crippen LogP contribution < -0.4 is 0 Å². The Balaban J connectivity index is 1.40. The van der Waals surface area contributed by atoms with Crippen LogP contribution in [0, 0.1) is 0 Å². The molecule has 0 N–H and O–H groups in total. The lowest BCUT2D eigenvalue weighted by Gasteiger charge is -2.29. The lowest BCUT2D eigenvalue weighted by Crippen LogP contribution is -2.42. The molecule has 4 rings (SSSR count). The molecule has 25 heavy (non-hydrogen) atoms. The summed E-state index contributed by atoms with van der Waals surface area (Å²) in [5.74, 6) is 0. The van der Waals surface area contributed by atoms with Crippen LogP contribution >= 0.6 is 0 Å². The molecule has 0 spiro atoms. The number of hydrogen-bond donors (Lipinski definition) is 0. The van der Waals surface area contributed by atoms with E-state index >= 15 is 0 Å². The summed E-state index contributed by atoms with van der Waals surface area (Å²) < 4.78 is 12.2. The van der Waals surface area contributed by atoms with Crippen LogP contribution in [0.15, 0.2) is 60.7 Å². The van der Waals surface area contributed by atoms with Crippen molar-refractivity contribution in [3.63, 3.8) is 0 Å². The number of nitrogens with zero attached hydrogens (tertiary/aromatic N) is 2. The quantitative estimate of drug-likeness (QED) is 0.847. The molecule has 4 heteroatoms.